The lowest BCUT2D eigenvalue weighted by molar-refractivity contribution is 0.321. The quantitative estimate of drug-likeness (QED) is 0.385. The Kier molecular flexibility index (Phi) is 4.22. The van der Waals surface area contributed by atoms with Crippen LogP contribution in [0.5, 0.6) is 0 Å². The molecule has 1 heterocycles. The van der Waals surface area contributed by atoms with Gasteiger partial charge in [0, 0.05) is 13.0 Å². The van der Waals surface area contributed by atoms with Crippen molar-refractivity contribution in [2.45, 2.75) is 32.6 Å². The van der Waals surface area contributed by atoms with Crippen LogP contribution in [0.2, 0.25) is 0 Å². The smallest absolute Gasteiger partial charge is 0.0905 e. The van der Waals surface area contributed by atoms with Crippen molar-refractivity contribution in [2.75, 3.05) is 19.6 Å². The van der Waals surface area contributed by atoms with E-state index in [1.807, 2.05) is 0 Å². The first kappa shape index (κ1) is 10.5. The number of amidine groups is 1. The van der Waals surface area contributed by atoms with Crippen LogP contribution in [0.25, 0.3) is 0 Å². The molecule has 1 atom stereocenters. The standard InChI is InChI=1S/C10H21N3/c1-9-5-7-13(8-9)6-3-2-4-10(11)12/h9H,2-8H2,1H3,(H3,11,12). The number of hydrogen-bond donors (Lipinski definition) is 2. The lowest BCUT2D eigenvalue weighted by Gasteiger charge is -2.14. The van der Waals surface area contributed by atoms with E-state index in [0.717, 1.165) is 18.8 Å². The minimum absolute atomic E-state index is 0.329. The molecule has 0 aromatic heterocycles. The number of likely N-dealkylation sites (tertiary alicyclic amines) is 1. The number of unbranched alkanes of at least 4 members (excludes halogenated alkanes) is 1. The van der Waals surface area contributed by atoms with E-state index in [4.69, 9.17) is 11.1 Å². The summed E-state index contributed by atoms with van der Waals surface area (Å²) < 4.78 is 0. The van der Waals surface area contributed by atoms with Crippen LogP contribution in [-0.4, -0.2) is 30.4 Å². The van der Waals surface area contributed by atoms with Gasteiger partial charge < -0.3 is 10.6 Å². The molecular weight excluding hydrogens is 162 g/mol. The minimum Gasteiger partial charge on any atom is -0.388 e. The van der Waals surface area contributed by atoms with Gasteiger partial charge in [-0.05, 0) is 38.3 Å². The normalized spacial score (nSPS) is 23.6. The fourth-order valence-corrected chi connectivity index (χ4v) is 1.88. The molecule has 3 nitrogen and oxygen atoms in total. The van der Waals surface area contributed by atoms with Gasteiger partial charge >= 0.3 is 0 Å². The van der Waals surface area contributed by atoms with Crippen molar-refractivity contribution in [3.05, 3.63) is 0 Å². The fraction of sp³-hybridized carbons (Fsp3) is 0.900. The molecule has 3 N–H and O–H groups in total. The summed E-state index contributed by atoms with van der Waals surface area (Å²) in [6, 6.07) is 0. The average Bonchev–Trinajstić information content (AvgIpc) is 2.45. The van der Waals surface area contributed by atoms with Gasteiger partial charge in [-0.1, -0.05) is 6.92 Å². The lowest BCUT2D eigenvalue weighted by Crippen LogP contribution is -2.21. The van der Waals surface area contributed by atoms with Gasteiger partial charge in [0.15, 0.2) is 0 Å². The molecule has 1 rings (SSSR count). The summed E-state index contributed by atoms with van der Waals surface area (Å²) >= 11 is 0. The van der Waals surface area contributed by atoms with Crippen LogP contribution in [-0.2, 0) is 0 Å². The van der Waals surface area contributed by atoms with Crippen LogP contribution in [0.3, 0.4) is 0 Å². The molecule has 0 aromatic carbocycles. The summed E-state index contributed by atoms with van der Waals surface area (Å²) in [5.41, 5.74) is 5.28. The zero-order valence-corrected chi connectivity index (χ0v) is 8.55. The van der Waals surface area contributed by atoms with Gasteiger partial charge in [-0.2, -0.15) is 0 Å². The van der Waals surface area contributed by atoms with Crippen molar-refractivity contribution < 1.29 is 0 Å². The first-order valence-corrected chi connectivity index (χ1v) is 5.23. The third kappa shape index (κ3) is 4.27. The maximum absolute atomic E-state index is 7.08. The molecule has 1 aliphatic rings. The first-order chi connectivity index (χ1) is 6.18. The Balaban J connectivity index is 1.97. The van der Waals surface area contributed by atoms with E-state index in [1.165, 1.54) is 32.5 Å². The lowest BCUT2D eigenvalue weighted by atomic mass is 10.2. The van der Waals surface area contributed by atoms with E-state index >= 15 is 0 Å². The Labute approximate surface area is 80.8 Å². The molecule has 3 heteroatoms. The Bertz CT molecular complexity index is 168. The SMILES string of the molecule is CC1CCN(CCCCC(=N)N)C1. The van der Waals surface area contributed by atoms with Gasteiger partial charge in [-0.25, -0.2) is 0 Å². The third-order valence-electron chi connectivity index (χ3n) is 2.68. The van der Waals surface area contributed by atoms with Crippen molar-refractivity contribution >= 4 is 5.84 Å². The maximum Gasteiger partial charge on any atom is 0.0905 e. The number of nitrogens with two attached hydrogens (primary N) is 1. The van der Waals surface area contributed by atoms with Gasteiger partial charge in [0.1, 0.15) is 0 Å². The zero-order chi connectivity index (χ0) is 9.68. The highest BCUT2D eigenvalue weighted by atomic mass is 15.1. The summed E-state index contributed by atoms with van der Waals surface area (Å²) in [6.07, 6.45) is 4.38. The van der Waals surface area contributed by atoms with Gasteiger partial charge in [0.2, 0.25) is 0 Å². The molecule has 0 aromatic rings. The van der Waals surface area contributed by atoms with Gasteiger partial charge in [0.25, 0.3) is 0 Å². The van der Waals surface area contributed by atoms with Gasteiger partial charge in [-0.15, -0.1) is 0 Å². The summed E-state index contributed by atoms with van der Waals surface area (Å²) in [5, 5.41) is 7.08. The Morgan fingerprint density at radius 1 is 1.54 bits per heavy atom. The van der Waals surface area contributed by atoms with Crippen LogP contribution >= 0.6 is 0 Å². The Morgan fingerprint density at radius 3 is 2.85 bits per heavy atom. The maximum atomic E-state index is 7.08. The molecule has 76 valence electrons. The molecule has 1 aliphatic heterocycles. The fourth-order valence-electron chi connectivity index (χ4n) is 1.88. The van der Waals surface area contributed by atoms with Crippen molar-refractivity contribution in [1.82, 2.24) is 4.90 Å². The number of nitrogens with zero attached hydrogens (tertiary/aromatic N) is 1. The molecular formula is C10H21N3. The Morgan fingerprint density at radius 2 is 2.31 bits per heavy atom. The van der Waals surface area contributed by atoms with Crippen LogP contribution in [0.4, 0.5) is 0 Å². The molecule has 1 saturated heterocycles. The second kappa shape index (κ2) is 5.22. The summed E-state index contributed by atoms with van der Waals surface area (Å²) in [6.45, 7) is 6.04. The zero-order valence-electron chi connectivity index (χ0n) is 8.55. The number of hydrogen-bond acceptors (Lipinski definition) is 2. The molecule has 0 saturated carbocycles. The molecule has 13 heavy (non-hydrogen) atoms. The molecule has 0 bridgehead atoms. The van der Waals surface area contributed by atoms with Crippen LogP contribution < -0.4 is 5.73 Å². The van der Waals surface area contributed by atoms with E-state index in [9.17, 15) is 0 Å². The summed E-state index contributed by atoms with van der Waals surface area (Å²) in [7, 11) is 0. The van der Waals surface area contributed by atoms with Crippen molar-refractivity contribution in [1.29, 1.82) is 5.41 Å². The van der Waals surface area contributed by atoms with Crippen LogP contribution in [0.1, 0.15) is 32.6 Å². The van der Waals surface area contributed by atoms with E-state index < -0.39 is 0 Å². The molecule has 1 unspecified atom stereocenters. The summed E-state index contributed by atoms with van der Waals surface area (Å²) in [4.78, 5) is 2.52. The van der Waals surface area contributed by atoms with E-state index in [2.05, 4.69) is 11.8 Å². The number of nitrogens with one attached hydrogen (secondary N) is 1. The summed E-state index contributed by atoms with van der Waals surface area (Å²) in [5.74, 6) is 1.21. The van der Waals surface area contributed by atoms with Gasteiger partial charge in [-0.3, -0.25) is 5.41 Å². The third-order valence-corrected chi connectivity index (χ3v) is 2.68. The monoisotopic (exact) mass is 183 g/mol. The topological polar surface area (TPSA) is 53.1 Å². The largest absolute Gasteiger partial charge is 0.388 e. The molecule has 0 spiro atoms. The molecule has 0 radical (unpaired) electrons. The van der Waals surface area contributed by atoms with E-state index in [0.29, 0.717) is 5.84 Å². The van der Waals surface area contributed by atoms with Crippen LogP contribution in [0, 0.1) is 11.3 Å². The highest BCUT2D eigenvalue weighted by molar-refractivity contribution is 5.76. The van der Waals surface area contributed by atoms with Crippen molar-refractivity contribution in [2.24, 2.45) is 11.7 Å². The second-order valence-corrected chi connectivity index (χ2v) is 4.18. The Hall–Kier alpha value is -0.570. The highest BCUT2D eigenvalue weighted by Crippen LogP contribution is 2.15. The van der Waals surface area contributed by atoms with E-state index in [1.54, 1.807) is 0 Å². The van der Waals surface area contributed by atoms with Crippen molar-refractivity contribution in [3.8, 4) is 0 Å². The molecule has 1 fully saturated rings. The predicted molar refractivity (Wildman–Crippen MR) is 56.0 cm³/mol. The van der Waals surface area contributed by atoms with Crippen LogP contribution in [0.15, 0.2) is 0 Å². The highest BCUT2D eigenvalue weighted by Gasteiger charge is 2.17. The predicted octanol–water partition coefficient (Wildman–Crippen LogP) is 1.43. The average molecular weight is 183 g/mol. The molecule has 0 aliphatic carbocycles. The minimum atomic E-state index is 0.329. The number of rotatable bonds is 5. The molecule has 0 amide bonds. The second-order valence-electron chi connectivity index (χ2n) is 4.18. The van der Waals surface area contributed by atoms with E-state index in [-0.39, 0.29) is 0 Å². The van der Waals surface area contributed by atoms with Gasteiger partial charge in [0.05, 0.1) is 5.84 Å². The first-order valence-electron chi connectivity index (χ1n) is 5.23. The van der Waals surface area contributed by atoms with Crippen molar-refractivity contribution in [3.63, 3.8) is 0 Å².